The van der Waals surface area contributed by atoms with Crippen LogP contribution in [0.2, 0.25) is 0 Å². The van der Waals surface area contributed by atoms with Gasteiger partial charge in [0.1, 0.15) is 22.8 Å². The molecule has 0 N–H and O–H groups in total. The van der Waals surface area contributed by atoms with Crippen molar-refractivity contribution in [2.24, 2.45) is 0 Å². The maximum absolute atomic E-state index is 12.9. The molecule has 264 valence electrons. The number of esters is 7. The zero-order valence-electron chi connectivity index (χ0n) is 28.2. The molecule has 0 bridgehead atoms. The van der Waals surface area contributed by atoms with Crippen LogP contribution in [0.15, 0.2) is 70.4 Å². The summed E-state index contributed by atoms with van der Waals surface area (Å²) < 4.78 is 37.2. The number of hydrogen-bond donors (Lipinski definition) is 0. The number of rotatable bonds is 8. The lowest BCUT2D eigenvalue weighted by Gasteiger charge is -2.46. The van der Waals surface area contributed by atoms with Gasteiger partial charge in [-0.15, -0.1) is 0 Å². The van der Waals surface area contributed by atoms with Gasteiger partial charge in [0, 0.05) is 46.0 Å². The van der Waals surface area contributed by atoms with Gasteiger partial charge in [0.05, 0.1) is 6.42 Å². The second-order valence-electron chi connectivity index (χ2n) is 12.0. The fourth-order valence-corrected chi connectivity index (χ4v) is 5.25. The Morgan fingerprint density at radius 3 is 1.68 bits per heavy atom. The molecule has 0 aromatic carbocycles. The molecular weight excluding hydrogens is 656 g/mol. The van der Waals surface area contributed by atoms with Gasteiger partial charge >= 0.3 is 41.8 Å². The van der Waals surface area contributed by atoms with Gasteiger partial charge in [-0.3, -0.25) is 4.79 Å². The molecule has 2 spiro atoms. The first-order valence-corrected chi connectivity index (χ1v) is 15.7. The zero-order chi connectivity index (χ0) is 36.7. The van der Waals surface area contributed by atoms with Crippen molar-refractivity contribution in [3.63, 3.8) is 0 Å². The third kappa shape index (κ3) is 8.84. The molecule has 0 unspecified atom stereocenters. The van der Waals surface area contributed by atoms with Crippen molar-refractivity contribution in [2.45, 2.75) is 96.9 Å². The lowest BCUT2D eigenvalue weighted by molar-refractivity contribution is -0.291. The van der Waals surface area contributed by atoms with Crippen molar-refractivity contribution in [3.05, 3.63) is 70.4 Å². The summed E-state index contributed by atoms with van der Waals surface area (Å²) in [4.78, 5) is 88.0. The average molecular weight is 693 g/mol. The summed E-state index contributed by atoms with van der Waals surface area (Å²) in [6, 6.07) is 0. The van der Waals surface area contributed by atoms with Crippen molar-refractivity contribution in [3.8, 4) is 12.0 Å². The maximum Gasteiger partial charge on any atom is 0.348 e. The van der Waals surface area contributed by atoms with Gasteiger partial charge in [-0.05, 0) is 39.3 Å². The molecule has 3 aliphatic heterocycles. The first-order chi connectivity index (χ1) is 23.6. The molecule has 14 nitrogen and oxygen atoms in total. The highest BCUT2D eigenvalue weighted by Crippen LogP contribution is 2.45. The second-order valence-corrected chi connectivity index (χ2v) is 12.0. The van der Waals surface area contributed by atoms with Crippen LogP contribution in [0.3, 0.4) is 0 Å². The Bertz CT molecular complexity index is 1680. The van der Waals surface area contributed by atoms with Crippen LogP contribution in [0.4, 0.5) is 0 Å². The Balaban J connectivity index is 1.33. The van der Waals surface area contributed by atoms with Crippen molar-refractivity contribution in [2.75, 3.05) is 0 Å². The molecule has 4 fully saturated rings. The number of hydrogen-bond acceptors (Lipinski definition) is 14. The molecule has 1 aliphatic carbocycles. The van der Waals surface area contributed by atoms with E-state index in [1.165, 1.54) is 38.2 Å². The van der Waals surface area contributed by atoms with E-state index >= 15 is 0 Å². The van der Waals surface area contributed by atoms with Crippen LogP contribution in [0.1, 0.15) is 79.6 Å². The fourth-order valence-electron chi connectivity index (χ4n) is 5.25. The van der Waals surface area contributed by atoms with Gasteiger partial charge in [0.15, 0.2) is 0 Å². The van der Waals surface area contributed by atoms with E-state index < -0.39 is 64.7 Å². The number of carbonyl (C=O) groups excluding carboxylic acids is 7. The molecule has 4 aliphatic rings. The molecule has 1 saturated carbocycles. The Labute approximate surface area is 287 Å². The lowest BCUT2D eigenvalue weighted by atomic mass is 9.87. The van der Waals surface area contributed by atoms with Crippen LogP contribution in [0.5, 0.6) is 0 Å². The van der Waals surface area contributed by atoms with Crippen LogP contribution >= 0.6 is 0 Å². The van der Waals surface area contributed by atoms with E-state index in [4.69, 9.17) is 28.4 Å². The molecule has 14 heteroatoms. The minimum Gasteiger partial charge on any atom is -0.419 e. The number of allylic oxidation sites excluding steroid dienone is 9. The molecule has 50 heavy (non-hydrogen) atoms. The van der Waals surface area contributed by atoms with Gasteiger partial charge in [-0.1, -0.05) is 47.4 Å². The van der Waals surface area contributed by atoms with Crippen molar-refractivity contribution < 1.29 is 66.7 Å². The van der Waals surface area contributed by atoms with Gasteiger partial charge in [-0.25, -0.2) is 28.8 Å². The topological polar surface area (TPSA) is 184 Å². The smallest absolute Gasteiger partial charge is 0.348 e. The quantitative estimate of drug-likeness (QED) is 0.0891. The van der Waals surface area contributed by atoms with Crippen molar-refractivity contribution >= 4 is 41.8 Å². The summed E-state index contributed by atoms with van der Waals surface area (Å²) in [6.07, 6.45) is 11.9. The minimum atomic E-state index is -1.68. The maximum atomic E-state index is 12.9. The second kappa shape index (κ2) is 15.2. The molecule has 0 atom stereocenters. The van der Waals surface area contributed by atoms with Gasteiger partial charge in [-0.2, -0.15) is 0 Å². The molecule has 0 aromatic heterocycles. The first-order valence-electron chi connectivity index (χ1n) is 15.7. The van der Waals surface area contributed by atoms with Crippen molar-refractivity contribution in [1.29, 1.82) is 0 Å². The number of ether oxygens (including phenoxy) is 7. The predicted molar refractivity (Wildman–Crippen MR) is 169 cm³/mol. The molecule has 3 saturated heterocycles. The molecule has 3 heterocycles. The summed E-state index contributed by atoms with van der Waals surface area (Å²) in [5.74, 6) is -8.67. The van der Waals surface area contributed by atoms with Crippen LogP contribution in [0.25, 0.3) is 0 Å². The van der Waals surface area contributed by atoms with Crippen LogP contribution < -0.4 is 0 Å². The predicted octanol–water partition coefficient (Wildman–Crippen LogP) is 3.91. The van der Waals surface area contributed by atoms with Crippen LogP contribution in [-0.2, 0) is 66.7 Å². The minimum absolute atomic E-state index is 0.0369. The summed E-state index contributed by atoms with van der Waals surface area (Å²) in [7, 11) is 0. The third-order valence-electron chi connectivity index (χ3n) is 7.98. The highest BCUT2D eigenvalue weighted by atomic mass is 16.8. The lowest BCUT2D eigenvalue weighted by Crippen LogP contribution is -2.56. The molecule has 0 radical (unpaired) electrons. The highest BCUT2D eigenvalue weighted by Gasteiger charge is 2.56. The average Bonchev–Trinajstić information content (AvgIpc) is 3.03. The Kier molecular flexibility index (Phi) is 11.3. The Morgan fingerprint density at radius 1 is 0.740 bits per heavy atom. The molecule has 0 aromatic rings. The fraction of sp³-hybridized carbons (Fsp3) is 0.417. The van der Waals surface area contributed by atoms with E-state index in [9.17, 15) is 33.6 Å². The summed E-state index contributed by atoms with van der Waals surface area (Å²) in [6.45, 7) is 8.07. The largest absolute Gasteiger partial charge is 0.419 e. The van der Waals surface area contributed by atoms with Crippen LogP contribution in [0, 0.1) is 12.0 Å². The number of cyclic esters (lactones) is 2. The SMILES string of the molecule is CC#COC(=O)CCC1(C)OC(=O)C(=CC=C(C)CC=C2C(=O)OC3(CCC4(CC3)OC(=O)C(=CC=C(C)C=CC)C(=O)O4)OC2=O)C(=O)O1. The molecule has 0 amide bonds. The van der Waals surface area contributed by atoms with E-state index in [1.54, 1.807) is 32.1 Å². The standard InChI is InChI=1S/C36H36O14/c1-6-8-22(3)9-12-25-30(40)47-35(48-31(25)41)17-19-36(20-18-35)49-32(42)26(33(43)50-36)14-11-23(4)10-13-24-28(38)45-34(5,46-29(24)39)16-15-27(37)44-21-7-2/h6,8-10,12-14H,11,15-20H2,1-5H3. The Morgan fingerprint density at radius 2 is 1.20 bits per heavy atom. The summed E-state index contributed by atoms with van der Waals surface area (Å²) >= 11 is 0. The summed E-state index contributed by atoms with van der Waals surface area (Å²) in [5.41, 5.74) is 0.305. The van der Waals surface area contributed by atoms with Crippen molar-refractivity contribution in [1.82, 2.24) is 0 Å². The van der Waals surface area contributed by atoms with E-state index in [0.717, 1.165) is 5.57 Å². The highest BCUT2D eigenvalue weighted by molar-refractivity contribution is 6.16. The molecular formula is C36H36O14. The van der Waals surface area contributed by atoms with Gasteiger partial charge in [0.2, 0.25) is 0 Å². The van der Waals surface area contributed by atoms with Gasteiger partial charge in [0.25, 0.3) is 17.4 Å². The third-order valence-corrected chi connectivity index (χ3v) is 7.98. The van der Waals surface area contributed by atoms with E-state index in [0.29, 0.717) is 5.57 Å². The zero-order valence-corrected chi connectivity index (χ0v) is 28.2. The van der Waals surface area contributed by atoms with Crippen LogP contribution in [-0.4, -0.2) is 59.1 Å². The molecule has 4 rings (SSSR count). The van der Waals surface area contributed by atoms with E-state index in [1.807, 2.05) is 6.92 Å². The van der Waals surface area contributed by atoms with Gasteiger partial charge < -0.3 is 33.2 Å². The first kappa shape index (κ1) is 37.1. The monoisotopic (exact) mass is 692 g/mol. The van der Waals surface area contributed by atoms with E-state index in [2.05, 4.69) is 16.8 Å². The Hall–Kier alpha value is -5.71. The van der Waals surface area contributed by atoms with E-state index in [-0.39, 0.29) is 56.1 Å². The number of carbonyl (C=O) groups is 7. The normalized spacial score (nSPS) is 27.0. The summed E-state index contributed by atoms with van der Waals surface area (Å²) in [5, 5.41) is 0.